The Balaban J connectivity index is 1.99. The van der Waals surface area contributed by atoms with Crippen molar-refractivity contribution in [3.63, 3.8) is 0 Å². The second kappa shape index (κ2) is 8.79. The van der Waals surface area contributed by atoms with Gasteiger partial charge in [-0.3, -0.25) is 4.79 Å². The van der Waals surface area contributed by atoms with Gasteiger partial charge < -0.3 is 24.7 Å². The molecule has 29 heavy (non-hydrogen) atoms. The van der Waals surface area contributed by atoms with Crippen LogP contribution in [0.1, 0.15) is 13.8 Å². The quantitative estimate of drug-likeness (QED) is 0.596. The van der Waals surface area contributed by atoms with Gasteiger partial charge in [0.1, 0.15) is 11.3 Å². The first kappa shape index (κ1) is 20.4. The second-order valence-corrected chi connectivity index (χ2v) is 6.66. The maximum absolute atomic E-state index is 12.4. The SMILES string of the molecule is CCN[C@@H](C)C(=O)Nc1cc(N(C)c2cc(=O)oc3ccccc23)ccc1OC. The van der Waals surface area contributed by atoms with E-state index in [1.54, 1.807) is 26.2 Å². The third-order valence-corrected chi connectivity index (χ3v) is 4.72. The molecule has 0 saturated carbocycles. The summed E-state index contributed by atoms with van der Waals surface area (Å²) in [7, 11) is 3.41. The highest BCUT2D eigenvalue weighted by atomic mass is 16.5. The van der Waals surface area contributed by atoms with E-state index in [-0.39, 0.29) is 11.9 Å². The summed E-state index contributed by atoms with van der Waals surface area (Å²) < 4.78 is 10.7. The Kier molecular flexibility index (Phi) is 6.19. The number of likely N-dealkylation sites (N-methyl/N-ethyl adjacent to an activating group) is 1. The Hall–Kier alpha value is -3.32. The summed E-state index contributed by atoms with van der Waals surface area (Å²) in [4.78, 5) is 26.3. The highest BCUT2D eigenvalue weighted by Gasteiger charge is 2.17. The number of nitrogens with zero attached hydrogens (tertiary/aromatic N) is 1. The lowest BCUT2D eigenvalue weighted by Crippen LogP contribution is -2.37. The van der Waals surface area contributed by atoms with Gasteiger partial charge in [0, 0.05) is 24.2 Å². The van der Waals surface area contributed by atoms with Gasteiger partial charge in [-0.15, -0.1) is 0 Å². The molecule has 0 radical (unpaired) electrons. The van der Waals surface area contributed by atoms with Crippen molar-refractivity contribution in [2.75, 3.05) is 30.9 Å². The largest absolute Gasteiger partial charge is 0.495 e. The highest BCUT2D eigenvalue weighted by Crippen LogP contribution is 2.34. The van der Waals surface area contributed by atoms with Crippen molar-refractivity contribution in [3.8, 4) is 5.75 Å². The Morgan fingerprint density at radius 3 is 2.69 bits per heavy atom. The van der Waals surface area contributed by atoms with Gasteiger partial charge in [-0.1, -0.05) is 19.1 Å². The fraction of sp³-hybridized carbons (Fsp3) is 0.273. The third-order valence-electron chi connectivity index (χ3n) is 4.72. The number of amides is 1. The van der Waals surface area contributed by atoms with Crippen molar-refractivity contribution in [2.45, 2.75) is 19.9 Å². The van der Waals surface area contributed by atoms with Crippen LogP contribution < -0.4 is 25.9 Å². The monoisotopic (exact) mass is 395 g/mol. The lowest BCUT2D eigenvalue weighted by Gasteiger charge is -2.23. The number of ether oxygens (including phenoxy) is 1. The van der Waals surface area contributed by atoms with E-state index < -0.39 is 5.63 Å². The van der Waals surface area contributed by atoms with Crippen LogP contribution in [0.15, 0.2) is 57.7 Å². The number of fused-ring (bicyclic) bond motifs is 1. The van der Waals surface area contributed by atoms with E-state index in [2.05, 4.69) is 10.6 Å². The predicted molar refractivity (Wildman–Crippen MR) is 115 cm³/mol. The molecule has 152 valence electrons. The number of nitrogens with one attached hydrogen (secondary N) is 2. The first-order chi connectivity index (χ1) is 13.9. The minimum Gasteiger partial charge on any atom is -0.495 e. The number of hydrogen-bond acceptors (Lipinski definition) is 6. The van der Waals surface area contributed by atoms with E-state index in [0.29, 0.717) is 29.3 Å². The lowest BCUT2D eigenvalue weighted by atomic mass is 10.1. The number of methoxy groups -OCH3 is 1. The summed E-state index contributed by atoms with van der Waals surface area (Å²) in [6.07, 6.45) is 0. The van der Waals surface area contributed by atoms with Crippen LogP contribution in [0.4, 0.5) is 17.1 Å². The normalized spacial score (nSPS) is 11.9. The van der Waals surface area contributed by atoms with Gasteiger partial charge in [-0.25, -0.2) is 4.79 Å². The minimum atomic E-state index is -0.424. The van der Waals surface area contributed by atoms with Crippen molar-refractivity contribution < 1.29 is 13.9 Å². The zero-order valence-corrected chi connectivity index (χ0v) is 17.0. The van der Waals surface area contributed by atoms with Crippen molar-refractivity contribution in [2.24, 2.45) is 0 Å². The molecule has 0 fully saturated rings. The number of hydrogen-bond donors (Lipinski definition) is 2. The van der Waals surface area contributed by atoms with Gasteiger partial charge in [0.05, 0.1) is 24.5 Å². The molecular formula is C22H25N3O4. The Morgan fingerprint density at radius 1 is 1.21 bits per heavy atom. The van der Waals surface area contributed by atoms with Gasteiger partial charge in [0.25, 0.3) is 0 Å². The number of rotatable bonds is 7. The average Bonchev–Trinajstić information content (AvgIpc) is 2.72. The average molecular weight is 395 g/mol. The van der Waals surface area contributed by atoms with E-state index >= 15 is 0 Å². The second-order valence-electron chi connectivity index (χ2n) is 6.66. The molecular weight excluding hydrogens is 370 g/mol. The highest BCUT2D eigenvalue weighted by molar-refractivity contribution is 5.97. The summed E-state index contributed by atoms with van der Waals surface area (Å²) in [6, 6.07) is 14.0. The van der Waals surface area contributed by atoms with E-state index in [1.807, 2.05) is 49.2 Å². The van der Waals surface area contributed by atoms with Crippen molar-refractivity contribution in [3.05, 3.63) is 59.0 Å². The van der Waals surface area contributed by atoms with Gasteiger partial charge in [0.2, 0.25) is 5.91 Å². The zero-order chi connectivity index (χ0) is 21.0. The molecule has 7 nitrogen and oxygen atoms in total. The molecule has 1 atom stereocenters. The molecule has 1 heterocycles. The van der Waals surface area contributed by atoms with Crippen LogP contribution in [-0.2, 0) is 4.79 Å². The first-order valence-electron chi connectivity index (χ1n) is 9.43. The van der Waals surface area contributed by atoms with Gasteiger partial charge in [0.15, 0.2) is 0 Å². The van der Waals surface area contributed by atoms with Crippen LogP contribution in [0.2, 0.25) is 0 Å². The Bertz CT molecular complexity index is 1080. The van der Waals surface area contributed by atoms with Crippen molar-refractivity contribution in [1.82, 2.24) is 5.32 Å². The molecule has 7 heteroatoms. The number of anilines is 3. The molecule has 0 unspecified atom stereocenters. The van der Waals surface area contributed by atoms with Crippen LogP contribution >= 0.6 is 0 Å². The third kappa shape index (κ3) is 4.41. The molecule has 0 spiro atoms. The Morgan fingerprint density at radius 2 is 1.97 bits per heavy atom. The molecule has 1 amide bonds. The molecule has 0 aliphatic carbocycles. The molecule has 0 bridgehead atoms. The van der Waals surface area contributed by atoms with Gasteiger partial charge >= 0.3 is 5.63 Å². The summed E-state index contributed by atoms with van der Waals surface area (Å²) in [5, 5.41) is 6.81. The summed E-state index contributed by atoms with van der Waals surface area (Å²) in [6.45, 7) is 4.44. The minimum absolute atomic E-state index is 0.157. The fourth-order valence-electron chi connectivity index (χ4n) is 3.15. The van der Waals surface area contributed by atoms with Crippen molar-refractivity contribution >= 4 is 33.9 Å². The maximum Gasteiger partial charge on any atom is 0.338 e. The van der Waals surface area contributed by atoms with E-state index in [9.17, 15) is 9.59 Å². The van der Waals surface area contributed by atoms with E-state index in [1.165, 1.54) is 6.07 Å². The standard InChI is InChI=1S/C22H25N3O4/c1-5-23-14(2)22(27)24-17-12-15(10-11-20(17)28-4)25(3)18-13-21(26)29-19-9-7-6-8-16(18)19/h6-14,23H,5H2,1-4H3,(H,24,27)/t14-/m0/s1. The number of para-hydroxylation sites is 1. The number of benzene rings is 2. The van der Waals surface area contributed by atoms with E-state index in [4.69, 9.17) is 9.15 Å². The summed E-state index contributed by atoms with van der Waals surface area (Å²) in [5.74, 6) is 0.396. The number of carbonyl (C=O) groups is 1. The number of carbonyl (C=O) groups excluding carboxylic acids is 1. The van der Waals surface area contributed by atoms with Crippen LogP contribution in [-0.4, -0.2) is 32.7 Å². The lowest BCUT2D eigenvalue weighted by molar-refractivity contribution is -0.117. The molecule has 2 N–H and O–H groups in total. The molecule has 0 aliphatic heterocycles. The predicted octanol–water partition coefficient (Wildman–Crippen LogP) is 3.51. The topological polar surface area (TPSA) is 83.8 Å². The van der Waals surface area contributed by atoms with Crippen LogP contribution in [0, 0.1) is 0 Å². The van der Waals surface area contributed by atoms with Crippen LogP contribution in [0.25, 0.3) is 11.0 Å². The van der Waals surface area contributed by atoms with Gasteiger partial charge in [-0.2, -0.15) is 0 Å². The van der Waals surface area contributed by atoms with Crippen LogP contribution in [0.5, 0.6) is 5.75 Å². The Labute approximate surface area is 169 Å². The van der Waals surface area contributed by atoms with Gasteiger partial charge in [-0.05, 0) is 43.8 Å². The molecule has 1 aromatic heterocycles. The van der Waals surface area contributed by atoms with Crippen LogP contribution in [0.3, 0.4) is 0 Å². The molecule has 2 aromatic carbocycles. The van der Waals surface area contributed by atoms with E-state index in [0.717, 1.165) is 11.1 Å². The first-order valence-corrected chi connectivity index (χ1v) is 9.43. The maximum atomic E-state index is 12.4. The smallest absolute Gasteiger partial charge is 0.338 e. The molecule has 3 aromatic rings. The summed E-state index contributed by atoms with van der Waals surface area (Å²) >= 11 is 0. The molecule has 0 saturated heterocycles. The summed E-state index contributed by atoms with van der Waals surface area (Å²) in [5.41, 5.74) is 2.14. The van der Waals surface area contributed by atoms with Crippen molar-refractivity contribution in [1.29, 1.82) is 0 Å². The molecule has 3 rings (SSSR count). The molecule has 0 aliphatic rings. The fourth-order valence-corrected chi connectivity index (χ4v) is 3.15. The zero-order valence-electron chi connectivity index (χ0n) is 17.0.